The monoisotopic (exact) mass is 567 g/mol. The second-order valence-corrected chi connectivity index (χ2v) is 10.1. The zero-order chi connectivity index (χ0) is 27.2. The number of aliphatic hydroxyl groups is 1. The number of nitrogens with zero attached hydrogens (tertiary/aromatic N) is 1. The summed E-state index contributed by atoms with van der Waals surface area (Å²) in [6, 6.07) is 19.3. The lowest BCUT2D eigenvalue weighted by atomic mass is 10.1. The number of hydrogen-bond acceptors (Lipinski definition) is 6. The van der Waals surface area contributed by atoms with Crippen molar-refractivity contribution >= 4 is 58.0 Å². The van der Waals surface area contributed by atoms with E-state index in [1.807, 2.05) is 6.92 Å². The Balaban J connectivity index is 1.54. The van der Waals surface area contributed by atoms with E-state index in [0.717, 1.165) is 28.5 Å². The number of carbonyl (C=O) groups is 2. The van der Waals surface area contributed by atoms with Gasteiger partial charge in [0.25, 0.3) is 5.91 Å². The zero-order valence-electron chi connectivity index (χ0n) is 20.5. The molecular weight excluding hydrogens is 545 g/mol. The minimum atomic E-state index is -0.749. The van der Waals surface area contributed by atoms with Crippen molar-refractivity contribution in [1.29, 1.82) is 0 Å². The minimum absolute atomic E-state index is 0.0811. The van der Waals surface area contributed by atoms with Gasteiger partial charge in [0.2, 0.25) is 0 Å². The van der Waals surface area contributed by atoms with Crippen molar-refractivity contribution in [2.24, 2.45) is 4.99 Å². The first-order valence-corrected chi connectivity index (χ1v) is 13.2. The van der Waals surface area contributed by atoms with Crippen LogP contribution in [-0.4, -0.2) is 28.6 Å². The molecule has 1 aliphatic heterocycles. The summed E-state index contributed by atoms with van der Waals surface area (Å²) in [5, 5.41) is 12.0. The van der Waals surface area contributed by atoms with Gasteiger partial charge < -0.3 is 14.6 Å². The smallest absolute Gasteiger partial charge is 0.344 e. The van der Waals surface area contributed by atoms with Gasteiger partial charge in [0.05, 0.1) is 11.5 Å². The number of ether oxygens (including phenoxy) is 2. The van der Waals surface area contributed by atoms with E-state index in [4.69, 9.17) is 32.7 Å². The fourth-order valence-corrected chi connectivity index (χ4v) is 4.93. The van der Waals surface area contributed by atoms with Gasteiger partial charge in [-0.1, -0.05) is 70.9 Å². The molecule has 1 N–H and O–H groups in total. The number of amides is 1. The molecule has 0 bridgehead atoms. The Kier molecular flexibility index (Phi) is 8.94. The van der Waals surface area contributed by atoms with Crippen molar-refractivity contribution < 1.29 is 24.2 Å². The number of aliphatic hydroxyl groups excluding tert-OH is 1. The molecule has 6 nitrogen and oxygen atoms in total. The highest BCUT2D eigenvalue weighted by molar-refractivity contribution is 8.18. The summed E-state index contributed by atoms with van der Waals surface area (Å²) in [4.78, 5) is 29.8. The fourth-order valence-electron chi connectivity index (χ4n) is 3.46. The van der Waals surface area contributed by atoms with E-state index in [-0.39, 0.29) is 29.6 Å². The first-order valence-electron chi connectivity index (χ1n) is 11.6. The van der Waals surface area contributed by atoms with Gasteiger partial charge in [-0.2, -0.15) is 0 Å². The largest absolute Gasteiger partial charge is 0.506 e. The number of hydrogen-bond donors (Lipinski definition) is 1. The topological polar surface area (TPSA) is 85.2 Å². The number of rotatable bonds is 7. The average molecular weight is 568 g/mol. The predicted octanol–water partition coefficient (Wildman–Crippen LogP) is 7.58. The molecule has 194 valence electrons. The Morgan fingerprint density at radius 3 is 2.39 bits per heavy atom. The van der Waals surface area contributed by atoms with E-state index in [9.17, 15) is 14.7 Å². The molecule has 1 heterocycles. The Morgan fingerprint density at radius 2 is 1.74 bits per heavy atom. The molecule has 1 aliphatic rings. The summed E-state index contributed by atoms with van der Waals surface area (Å²) in [5.41, 5.74) is 2.79. The molecule has 0 saturated carbocycles. The van der Waals surface area contributed by atoms with Crippen LogP contribution in [0.1, 0.15) is 34.0 Å². The lowest BCUT2D eigenvalue weighted by molar-refractivity contribution is -0.138. The van der Waals surface area contributed by atoms with Crippen molar-refractivity contribution in [2.45, 2.75) is 20.5 Å². The fraction of sp³-hybridized carbons (Fsp3) is 0.138. The highest BCUT2D eigenvalue weighted by atomic mass is 35.5. The summed E-state index contributed by atoms with van der Waals surface area (Å²) in [6.45, 7) is 3.96. The molecule has 3 aromatic carbocycles. The molecule has 1 amide bonds. The average Bonchev–Trinajstić information content (AvgIpc) is 3.19. The molecule has 38 heavy (non-hydrogen) atoms. The highest BCUT2D eigenvalue weighted by Crippen LogP contribution is 2.39. The third-order valence-corrected chi connectivity index (χ3v) is 7.07. The van der Waals surface area contributed by atoms with Gasteiger partial charge >= 0.3 is 5.97 Å². The molecule has 0 radical (unpaired) electrons. The molecule has 0 aliphatic carbocycles. The quantitative estimate of drug-likeness (QED) is 0.296. The zero-order valence-corrected chi connectivity index (χ0v) is 22.9. The predicted molar refractivity (Wildman–Crippen MR) is 152 cm³/mol. The van der Waals surface area contributed by atoms with Crippen LogP contribution >= 0.6 is 35.0 Å². The Morgan fingerprint density at radius 1 is 1.03 bits per heavy atom. The standard InChI is InChI=1S/C29H23Cl2NO5S/c1-3-36-29(35)25-26(33)24(38-28(25)32-27(34)19-8-4-17(2)5-9-19)14-18-6-12-22(13-7-18)37-16-20-10-11-21(30)15-23(20)31/h4-15,33H,3,16H2,1-2H3/b24-14-,32-28?. The normalized spacial score (nSPS) is 15.3. The Labute approximate surface area is 234 Å². The third kappa shape index (κ3) is 6.67. The van der Waals surface area contributed by atoms with Gasteiger partial charge in [0, 0.05) is 21.2 Å². The van der Waals surface area contributed by atoms with Crippen molar-refractivity contribution in [2.75, 3.05) is 6.61 Å². The van der Waals surface area contributed by atoms with Crippen molar-refractivity contribution in [3.8, 4) is 5.75 Å². The molecule has 0 unspecified atom stereocenters. The van der Waals surface area contributed by atoms with Crippen LogP contribution in [0.4, 0.5) is 0 Å². The van der Waals surface area contributed by atoms with Gasteiger partial charge in [-0.15, -0.1) is 0 Å². The number of carbonyl (C=O) groups excluding carboxylic acids is 2. The minimum Gasteiger partial charge on any atom is -0.506 e. The maximum atomic E-state index is 12.7. The second kappa shape index (κ2) is 12.3. The van der Waals surface area contributed by atoms with Crippen LogP contribution in [0.15, 0.2) is 88.0 Å². The third-order valence-electron chi connectivity index (χ3n) is 5.46. The first kappa shape index (κ1) is 27.5. The van der Waals surface area contributed by atoms with E-state index in [1.54, 1.807) is 79.7 Å². The molecule has 0 saturated heterocycles. The lowest BCUT2D eigenvalue weighted by Gasteiger charge is -2.08. The molecule has 0 aromatic heterocycles. The van der Waals surface area contributed by atoms with Crippen LogP contribution in [0, 0.1) is 6.92 Å². The van der Waals surface area contributed by atoms with Crippen molar-refractivity contribution in [3.63, 3.8) is 0 Å². The molecule has 3 aromatic rings. The van der Waals surface area contributed by atoms with Crippen LogP contribution in [0.3, 0.4) is 0 Å². The van der Waals surface area contributed by atoms with Gasteiger partial charge in [-0.3, -0.25) is 4.79 Å². The number of esters is 1. The molecule has 9 heteroatoms. The lowest BCUT2D eigenvalue weighted by Crippen LogP contribution is -2.14. The van der Waals surface area contributed by atoms with Crippen molar-refractivity contribution in [1.82, 2.24) is 0 Å². The van der Waals surface area contributed by atoms with Gasteiger partial charge in [0.1, 0.15) is 28.7 Å². The maximum Gasteiger partial charge on any atom is 0.344 e. The summed E-state index contributed by atoms with van der Waals surface area (Å²) < 4.78 is 10.9. The number of aliphatic imine (C=N–C) groups is 1. The van der Waals surface area contributed by atoms with Crippen LogP contribution < -0.4 is 4.74 Å². The van der Waals surface area contributed by atoms with Gasteiger partial charge in [-0.25, -0.2) is 9.79 Å². The number of benzene rings is 3. The van der Waals surface area contributed by atoms with Crippen molar-refractivity contribution in [3.05, 3.63) is 115 Å². The highest BCUT2D eigenvalue weighted by Gasteiger charge is 2.34. The Hall–Kier alpha value is -3.52. The molecule has 0 fully saturated rings. The molecule has 0 atom stereocenters. The van der Waals surface area contributed by atoms with Crippen LogP contribution in [0.2, 0.25) is 10.0 Å². The molecule has 0 spiro atoms. The van der Waals surface area contributed by atoms with Gasteiger partial charge in [-0.05, 0) is 61.9 Å². The maximum absolute atomic E-state index is 12.7. The van der Waals surface area contributed by atoms with E-state index in [2.05, 4.69) is 4.99 Å². The van der Waals surface area contributed by atoms with E-state index in [1.165, 1.54) is 0 Å². The van der Waals surface area contributed by atoms with E-state index in [0.29, 0.717) is 26.3 Å². The van der Waals surface area contributed by atoms with Crippen LogP contribution in [-0.2, 0) is 16.1 Å². The number of halogens is 2. The summed E-state index contributed by atoms with van der Waals surface area (Å²) in [5.74, 6) is -0.941. The first-order chi connectivity index (χ1) is 18.2. The van der Waals surface area contributed by atoms with E-state index < -0.39 is 11.9 Å². The summed E-state index contributed by atoms with van der Waals surface area (Å²) in [6.07, 6.45) is 1.69. The SMILES string of the molecule is CCOC(=O)C1=C(O)/C(=C/c2ccc(OCc3ccc(Cl)cc3Cl)cc2)SC1=NC(=O)c1ccc(C)cc1. The molecule has 4 rings (SSSR count). The van der Waals surface area contributed by atoms with Gasteiger partial charge in [0.15, 0.2) is 0 Å². The summed E-state index contributed by atoms with van der Waals surface area (Å²) in [7, 11) is 0. The summed E-state index contributed by atoms with van der Waals surface area (Å²) >= 11 is 13.2. The molecular formula is C29H23Cl2NO5S. The Bertz CT molecular complexity index is 1460. The number of aryl methyl sites for hydroxylation is 1. The van der Waals surface area contributed by atoms with Crippen LogP contribution in [0.25, 0.3) is 6.08 Å². The second-order valence-electron chi connectivity index (χ2n) is 8.24. The van der Waals surface area contributed by atoms with Crippen LogP contribution in [0.5, 0.6) is 5.75 Å². The number of thioether (sulfide) groups is 1. The van der Waals surface area contributed by atoms with E-state index >= 15 is 0 Å².